The van der Waals surface area contributed by atoms with E-state index in [4.69, 9.17) is 14.2 Å². The first-order chi connectivity index (χ1) is 40.0. The minimum absolute atomic E-state index is 0.110. The number of ether oxygens (including phenoxy) is 3. The molecule has 6 nitrogen and oxygen atoms in total. The summed E-state index contributed by atoms with van der Waals surface area (Å²) in [6, 6.07) is 0. The minimum atomic E-state index is -0.817. The van der Waals surface area contributed by atoms with Gasteiger partial charge in [0.05, 0.1) is 0 Å². The van der Waals surface area contributed by atoms with Gasteiger partial charge in [-0.25, -0.2) is 0 Å². The first-order valence-corrected chi connectivity index (χ1v) is 32.3. The van der Waals surface area contributed by atoms with E-state index in [1.165, 1.54) is 25.7 Å². The number of esters is 3. The minimum Gasteiger partial charge on any atom is -0.462 e. The molecule has 0 N–H and O–H groups in total. The molecule has 0 amide bonds. The average Bonchev–Trinajstić information content (AvgIpc) is 3.47. The Balaban J connectivity index is 4.43. The van der Waals surface area contributed by atoms with Crippen LogP contribution in [-0.2, 0) is 28.6 Å². The van der Waals surface area contributed by atoms with Gasteiger partial charge in [0.2, 0.25) is 0 Å². The van der Waals surface area contributed by atoms with E-state index in [0.29, 0.717) is 12.8 Å². The summed E-state index contributed by atoms with van der Waals surface area (Å²) in [7, 11) is 0. The summed E-state index contributed by atoms with van der Waals surface area (Å²) >= 11 is 0. The molecule has 0 saturated heterocycles. The normalized spacial score (nSPS) is 13.4. The molecule has 0 spiro atoms. The van der Waals surface area contributed by atoms with Crippen molar-refractivity contribution >= 4 is 17.9 Å². The number of hydrogen-bond acceptors (Lipinski definition) is 6. The van der Waals surface area contributed by atoms with E-state index in [1.54, 1.807) is 0 Å². The first kappa shape index (κ1) is 75.5. The Bertz CT molecular complexity index is 1900. The van der Waals surface area contributed by atoms with Crippen LogP contribution < -0.4 is 0 Å². The highest BCUT2D eigenvalue weighted by Gasteiger charge is 2.19. The van der Waals surface area contributed by atoms with Crippen LogP contribution in [0.3, 0.4) is 0 Å². The lowest BCUT2D eigenvalue weighted by Gasteiger charge is -2.18. The largest absolute Gasteiger partial charge is 0.462 e. The SMILES string of the molecule is CC/C=C\C/C=C\C/C=C\C/C=C\C/C=C\C/C=C\C/C=C\C/C=C\C/C=C\CCCCCC(=O)OCC(COC(=O)CCCCCCC/C=C\CCCC)OC(=O)CCCCCCC/C=C\C/C=C\C/C=C\C/C=C\C/C=C\CC. The summed E-state index contributed by atoms with van der Waals surface area (Å²) in [5.74, 6) is -0.980. The molecule has 0 saturated carbocycles. The molecule has 452 valence electrons. The fraction of sp³-hybridized carbons (Fsp3) is 0.560. The van der Waals surface area contributed by atoms with Crippen LogP contribution >= 0.6 is 0 Å². The first-order valence-electron chi connectivity index (χ1n) is 32.3. The summed E-state index contributed by atoms with van der Waals surface area (Å²) in [6.07, 6.45) is 100. The van der Waals surface area contributed by atoms with Gasteiger partial charge in [0.15, 0.2) is 6.10 Å². The number of carbonyl (C=O) groups excluding carboxylic acids is 3. The molecule has 0 heterocycles. The average molecular weight is 1110 g/mol. The zero-order valence-electron chi connectivity index (χ0n) is 51.7. The summed E-state index contributed by atoms with van der Waals surface area (Å²) in [4.78, 5) is 38.3. The van der Waals surface area contributed by atoms with Gasteiger partial charge in [0.1, 0.15) is 13.2 Å². The van der Waals surface area contributed by atoms with Crippen molar-refractivity contribution in [3.8, 4) is 0 Å². The second-order valence-corrected chi connectivity index (χ2v) is 20.5. The maximum atomic E-state index is 12.9. The molecule has 6 heteroatoms. The number of carbonyl (C=O) groups is 3. The van der Waals surface area contributed by atoms with Crippen LogP contribution in [0, 0.1) is 0 Å². The molecule has 0 aromatic heterocycles. The van der Waals surface area contributed by atoms with Crippen LogP contribution in [0.1, 0.15) is 252 Å². The van der Waals surface area contributed by atoms with Crippen LogP contribution in [0.4, 0.5) is 0 Å². The van der Waals surface area contributed by atoms with Gasteiger partial charge in [0.25, 0.3) is 0 Å². The van der Waals surface area contributed by atoms with Gasteiger partial charge < -0.3 is 14.2 Å². The lowest BCUT2D eigenvalue weighted by atomic mass is 10.1. The maximum Gasteiger partial charge on any atom is 0.306 e. The van der Waals surface area contributed by atoms with Gasteiger partial charge >= 0.3 is 17.9 Å². The van der Waals surface area contributed by atoms with E-state index >= 15 is 0 Å². The smallest absolute Gasteiger partial charge is 0.306 e. The number of allylic oxidation sites excluding steroid dienone is 30. The van der Waals surface area contributed by atoms with Gasteiger partial charge in [0, 0.05) is 19.3 Å². The molecule has 0 radical (unpaired) electrons. The zero-order chi connectivity index (χ0) is 58.5. The van der Waals surface area contributed by atoms with Crippen molar-refractivity contribution in [3.63, 3.8) is 0 Å². The van der Waals surface area contributed by atoms with Gasteiger partial charge in [-0.2, -0.15) is 0 Å². The molecule has 0 bridgehead atoms. The van der Waals surface area contributed by atoms with Crippen molar-refractivity contribution in [2.75, 3.05) is 13.2 Å². The third-order valence-corrected chi connectivity index (χ3v) is 12.9. The van der Waals surface area contributed by atoms with Crippen molar-refractivity contribution in [3.05, 3.63) is 182 Å². The van der Waals surface area contributed by atoms with Crippen LogP contribution in [-0.4, -0.2) is 37.2 Å². The monoisotopic (exact) mass is 1110 g/mol. The lowest BCUT2D eigenvalue weighted by molar-refractivity contribution is -0.167. The molecule has 0 fully saturated rings. The van der Waals surface area contributed by atoms with E-state index in [-0.39, 0.29) is 37.5 Å². The summed E-state index contributed by atoms with van der Waals surface area (Å²) < 4.78 is 16.8. The van der Waals surface area contributed by atoms with Crippen LogP contribution in [0.25, 0.3) is 0 Å². The van der Waals surface area contributed by atoms with Crippen LogP contribution in [0.15, 0.2) is 182 Å². The number of hydrogen-bond donors (Lipinski definition) is 0. The van der Waals surface area contributed by atoms with Gasteiger partial charge in [-0.15, -0.1) is 0 Å². The zero-order valence-corrected chi connectivity index (χ0v) is 51.7. The van der Waals surface area contributed by atoms with Gasteiger partial charge in [-0.3, -0.25) is 14.4 Å². The topological polar surface area (TPSA) is 78.9 Å². The predicted octanol–water partition coefficient (Wildman–Crippen LogP) is 22.4. The molecule has 1 unspecified atom stereocenters. The Kier molecular flexibility index (Phi) is 62.5. The second-order valence-electron chi connectivity index (χ2n) is 20.5. The van der Waals surface area contributed by atoms with E-state index in [1.807, 2.05) is 0 Å². The molecule has 0 aliphatic heterocycles. The highest BCUT2D eigenvalue weighted by atomic mass is 16.6. The molecular formula is C75H116O6. The molecule has 0 aromatic carbocycles. The molecule has 81 heavy (non-hydrogen) atoms. The van der Waals surface area contributed by atoms with E-state index in [2.05, 4.69) is 203 Å². The van der Waals surface area contributed by atoms with E-state index in [9.17, 15) is 14.4 Å². The molecule has 0 rings (SSSR count). The van der Waals surface area contributed by atoms with Crippen molar-refractivity contribution in [1.82, 2.24) is 0 Å². The Labute approximate surface area is 497 Å². The second kappa shape index (κ2) is 67.0. The van der Waals surface area contributed by atoms with Crippen LogP contribution in [0.2, 0.25) is 0 Å². The molecule has 1 atom stereocenters. The highest BCUT2D eigenvalue weighted by molar-refractivity contribution is 5.71. The highest BCUT2D eigenvalue weighted by Crippen LogP contribution is 2.13. The lowest BCUT2D eigenvalue weighted by Crippen LogP contribution is -2.30. The summed E-state index contributed by atoms with van der Waals surface area (Å²) in [5, 5.41) is 0. The standard InChI is InChI=1S/C75H116O6/c1-4-7-10-13-16-19-22-24-26-28-30-32-33-34-35-36-37-38-39-40-41-43-44-46-48-50-53-56-59-62-65-68-74(77)80-71-72(70-79-73(76)67-64-61-58-55-52-21-18-15-12-9-6-3)81-75(78)69-66-63-60-57-54-51-49-47-45-42-31-29-27-25-23-20-17-14-11-8-5-2/h7-8,10-11,15-20,24-27,30-32,34-35,37-38,40-42,44,46-47,49-50,53,72H,4-6,9,12-14,21-23,28-29,33,36,39,43,45,48,51-52,54-71H2,1-3H3/b10-7-,11-8-,18-15-,19-16-,20-17-,26-24-,27-25-,32-30-,35-34-,38-37-,41-40-,42-31-,46-44-,49-47-,53-50-. The summed E-state index contributed by atoms with van der Waals surface area (Å²) in [5.41, 5.74) is 0. The van der Waals surface area contributed by atoms with E-state index in [0.717, 1.165) is 186 Å². The quantitative estimate of drug-likeness (QED) is 0.0261. The molecule has 0 aliphatic carbocycles. The van der Waals surface area contributed by atoms with Crippen LogP contribution in [0.5, 0.6) is 0 Å². The Morgan fingerprint density at radius 3 is 0.778 bits per heavy atom. The van der Waals surface area contributed by atoms with Gasteiger partial charge in [-0.05, 0) is 154 Å². The fourth-order valence-electron chi connectivity index (χ4n) is 8.09. The van der Waals surface area contributed by atoms with E-state index < -0.39 is 6.10 Å². The number of unbranched alkanes of at least 4 members (excludes halogenated alkanes) is 15. The Morgan fingerprint density at radius 1 is 0.259 bits per heavy atom. The third-order valence-electron chi connectivity index (χ3n) is 12.9. The number of rotatable bonds is 56. The van der Waals surface area contributed by atoms with Crippen molar-refractivity contribution in [2.24, 2.45) is 0 Å². The predicted molar refractivity (Wildman–Crippen MR) is 352 cm³/mol. The molecule has 0 aliphatic rings. The van der Waals surface area contributed by atoms with Crippen molar-refractivity contribution in [1.29, 1.82) is 0 Å². The molecular weight excluding hydrogens is 997 g/mol. The van der Waals surface area contributed by atoms with Gasteiger partial charge in [-0.1, -0.05) is 261 Å². The molecule has 0 aromatic rings. The van der Waals surface area contributed by atoms with Crippen molar-refractivity contribution < 1.29 is 28.6 Å². The third kappa shape index (κ3) is 65.2. The fourth-order valence-corrected chi connectivity index (χ4v) is 8.09. The Hall–Kier alpha value is -5.49. The Morgan fingerprint density at radius 2 is 0.481 bits per heavy atom. The maximum absolute atomic E-state index is 12.9. The van der Waals surface area contributed by atoms with Crippen molar-refractivity contribution in [2.45, 2.75) is 258 Å². The summed E-state index contributed by atoms with van der Waals surface area (Å²) in [6.45, 7) is 6.31.